The zero-order valence-corrected chi connectivity index (χ0v) is 31.0. The fraction of sp³-hybridized carbons (Fsp3) is 0.576. The number of rotatable bonds is 25. The highest BCUT2D eigenvalue weighted by molar-refractivity contribution is 5.99. The first-order valence-electron chi connectivity index (χ1n) is 17.8. The molecule has 0 aromatic carbocycles. The quantitative estimate of drug-likeness (QED) is 0.0288. The molecule has 2 heterocycles. The molecule has 0 aliphatic rings. The van der Waals surface area contributed by atoms with E-state index in [1.165, 1.54) is 0 Å². The fourth-order valence-electron chi connectivity index (χ4n) is 5.33. The Hall–Kier alpha value is -5.18. The van der Waals surface area contributed by atoms with Crippen LogP contribution in [0.1, 0.15) is 65.9 Å². The minimum Gasteiger partial charge on any atom is -0.370 e. The van der Waals surface area contributed by atoms with Gasteiger partial charge in [-0.15, -0.1) is 0 Å². The number of hydrogen-bond donors (Lipinski definition) is 11. The minimum absolute atomic E-state index is 0.0115. The molecule has 20 heteroatoms. The van der Waals surface area contributed by atoms with E-state index in [2.05, 4.69) is 36.2 Å². The zero-order chi connectivity index (χ0) is 39.3. The second-order valence-corrected chi connectivity index (χ2v) is 12.7. The SMILES string of the molecule is Cn1cc(NC(=O)C(N)CCCN=C(N)N)cc1C(=O)NCCCN(CCCN)CCCNC(=O)c1cc(NC(=O)C(N)CCCN=C(N)N)cn1C. The number of anilines is 2. The number of aromatic nitrogens is 2. The standard InChI is InChI=1S/C33H60N16O4/c1-47-20-22(45-28(50)24(35)8-3-11-43-32(37)38)18-26(47)30(52)41-13-6-16-49(15-5-10-34)17-7-14-42-31(53)27-19-23(21-48(27)2)46-29(51)25(36)9-4-12-44-33(39)40/h18-21,24-25H,3-17,34-36H2,1-2H3,(H,41,52)(H,42,53)(H,45,50)(H,46,51)(H4,37,38,43)(H4,39,40,44). The summed E-state index contributed by atoms with van der Waals surface area (Å²) in [5, 5.41) is 11.4. The van der Waals surface area contributed by atoms with Crippen LogP contribution in [0.15, 0.2) is 34.5 Å². The van der Waals surface area contributed by atoms with Crippen molar-refractivity contribution in [3.63, 3.8) is 0 Å². The first kappa shape index (κ1) is 44.0. The molecule has 2 rings (SSSR count). The highest BCUT2D eigenvalue weighted by atomic mass is 16.2. The average molecular weight is 745 g/mol. The van der Waals surface area contributed by atoms with Gasteiger partial charge in [-0.25, -0.2) is 0 Å². The van der Waals surface area contributed by atoms with E-state index in [0.29, 0.717) is 94.0 Å². The van der Waals surface area contributed by atoms with Crippen molar-refractivity contribution in [2.24, 2.45) is 64.2 Å². The number of nitrogens with one attached hydrogen (secondary N) is 4. The molecule has 18 N–H and O–H groups in total. The molecule has 2 aromatic rings. The largest absolute Gasteiger partial charge is 0.370 e. The van der Waals surface area contributed by atoms with Crippen molar-refractivity contribution < 1.29 is 19.2 Å². The molecule has 0 aliphatic heterocycles. The Balaban J connectivity index is 1.76. The van der Waals surface area contributed by atoms with Crippen LogP contribution in [0, 0.1) is 0 Å². The van der Waals surface area contributed by atoms with Gasteiger partial charge in [0.15, 0.2) is 11.9 Å². The van der Waals surface area contributed by atoms with E-state index in [9.17, 15) is 19.2 Å². The summed E-state index contributed by atoms with van der Waals surface area (Å²) in [7, 11) is 3.44. The number of nitrogens with two attached hydrogens (primary N) is 7. The number of carbonyl (C=O) groups excluding carboxylic acids is 4. The monoisotopic (exact) mass is 744 g/mol. The molecule has 4 amide bonds. The molecule has 0 saturated carbocycles. The zero-order valence-electron chi connectivity index (χ0n) is 31.0. The molecule has 20 nitrogen and oxygen atoms in total. The molecule has 2 unspecified atom stereocenters. The van der Waals surface area contributed by atoms with E-state index in [1.54, 1.807) is 47.8 Å². The molecule has 2 aromatic heterocycles. The highest BCUT2D eigenvalue weighted by Gasteiger charge is 2.19. The molecule has 296 valence electrons. The molecule has 2 atom stereocenters. The molecular formula is C33H60N16O4. The van der Waals surface area contributed by atoms with Crippen LogP contribution in [0.4, 0.5) is 11.4 Å². The number of carbonyl (C=O) groups is 4. The van der Waals surface area contributed by atoms with Gasteiger partial charge in [-0.3, -0.25) is 29.2 Å². The van der Waals surface area contributed by atoms with Crippen molar-refractivity contribution in [2.75, 3.05) is 63.0 Å². The van der Waals surface area contributed by atoms with Gasteiger partial charge in [-0.1, -0.05) is 0 Å². The Morgan fingerprint density at radius 2 is 1.08 bits per heavy atom. The normalized spacial score (nSPS) is 12.1. The molecule has 0 radical (unpaired) electrons. The van der Waals surface area contributed by atoms with Crippen molar-refractivity contribution in [3.05, 3.63) is 35.9 Å². The number of hydrogen-bond acceptors (Lipinski definition) is 10. The summed E-state index contributed by atoms with van der Waals surface area (Å²) in [5.74, 6) is -1.29. The Morgan fingerprint density at radius 3 is 1.45 bits per heavy atom. The predicted octanol–water partition coefficient (Wildman–Crippen LogP) is -2.41. The van der Waals surface area contributed by atoms with Crippen LogP contribution in [-0.2, 0) is 23.7 Å². The van der Waals surface area contributed by atoms with E-state index in [-0.39, 0.29) is 35.5 Å². The highest BCUT2D eigenvalue weighted by Crippen LogP contribution is 2.15. The molecule has 53 heavy (non-hydrogen) atoms. The fourth-order valence-corrected chi connectivity index (χ4v) is 5.33. The predicted molar refractivity (Wildman–Crippen MR) is 208 cm³/mol. The van der Waals surface area contributed by atoms with Crippen molar-refractivity contribution in [1.29, 1.82) is 0 Å². The van der Waals surface area contributed by atoms with Crippen LogP contribution >= 0.6 is 0 Å². The van der Waals surface area contributed by atoms with E-state index < -0.39 is 12.1 Å². The third-order valence-corrected chi connectivity index (χ3v) is 8.17. The Morgan fingerprint density at radius 1 is 0.679 bits per heavy atom. The lowest BCUT2D eigenvalue weighted by molar-refractivity contribution is -0.118. The van der Waals surface area contributed by atoms with Crippen LogP contribution in [0.25, 0.3) is 0 Å². The van der Waals surface area contributed by atoms with Gasteiger partial charge < -0.3 is 75.4 Å². The molecule has 0 bridgehead atoms. The van der Waals surface area contributed by atoms with Gasteiger partial charge in [0, 0.05) is 52.7 Å². The molecule has 0 saturated heterocycles. The number of nitrogens with zero attached hydrogens (tertiary/aromatic N) is 5. The van der Waals surface area contributed by atoms with Crippen molar-refractivity contribution in [1.82, 2.24) is 24.7 Å². The molecular weight excluding hydrogens is 684 g/mol. The van der Waals surface area contributed by atoms with Crippen LogP contribution in [0.3, 0.4) is 0 Å². The van der Waals surface area contributed by atoms with Gasteiger partial charge in [0.2, 0.25) is 11.8 Å². The number of guanidine groups is 2. The van der Waals surface area contributed by atoms with Gasteiger partial charge in [0.25, 0.3) is 11.8 Å². The van der Waals surface area contributed by atoms with Crippen LogP contribution in [0.5, 0.6) is 0 Å². The molecule has 0 aliphatic carbocycles. The van der Waals surface area contributed by atoms with E-state index in [4.69, 9.17) is 40.1 Å². The van der Waals surface area contributed by atoms with Gasteiger partial charge in [0.05, 0.1) is 23.5 Å². The first-order chi connectivity index (χ1) is 25.2. The molecule has 0 fully saturated rings. The maximum atomic E-state index is 12.9. The third kappa shape index (κ3) is 16.8. The summed E-state index contributed by atoms with van der Waals surface area (Å²) in [4.78, 5) is 60.8. The smallest absolute Gasteiger partial charge is 0.267 e. The summed E-state index contributed by atoms with van der Waals surface area (Å²) in [6, 6.07) is 1.71. The maximum Gasteiger partial charge on any atom is 0.267 e. The summed E-state index contributed by atoms with van der Waals surface area (Å²) < 4.78 is 3.28. The number of aliphatic imine (C=N–C) groups is 2. The summed E-state index contributed by atoms with van der Waals surface area (Å²) in [6.07, 6.45) is 7.42. The third-order valence-electron chi connectivity index (χ3n) is 8.17. The van der Waals surface area contributed by atoms with E-state index >= 15 is 0 Å². The topological polar surface area (TPSA) is 336 Å². The summed E-state index contributed by atoms with van der Waals surface area (Å²) in [5.41, 5.74) is 40.7. The van der Waals surface area contributed by atoms with Crippen molar-refractivity contribution in [3.8, 4) is 0 Å². The maximum absolute atomic E-state index is 12.9. The lowest BCUT2D eigenvalue weighted by atomic mass is 10.1. The summed E-state index contributed by atoms with van der Waals surface area (Å²) in [6.45, 7) is 4.43. The number of amides is 4. The molecule has 0 spiro atoms. The lowest BCUT2D eigenvalue weighted by Crippen LogP contribution is -2.35. The van der Waals surface area contributed by atoms with Gasteiger partial charge in [-0.2, -0.15) is 0 Å². The Bertz CT molecular complexity index is 1420. The van der Waals surface area contributed by atoms with Gasteiger partial charge in [-0.05, 0) is 83.3 Å². The van der Waals surface area contributed by atoms with Crippen LogP contribution in [-0.4, -0.2) is 114 Å². The first-order valence-corrected chi connectivity index (χ1v) is 17.8. The van der Waals surface area contributed by atoms with E-state index in [0.717, 1.165) is 26.1 Å². The van der Waals surface area contributed by atoms with Crippen molar-refractivity contribution >= 4 is 46.9 Å². The Kier molecular flexibility index (Phi) is 19.4. The lowest BCUT2D eigenvalue weighted by Gasteiger charge is -2.22. The van der Waals surface area contributed by atoms with Crippen LogP contribution in [0.2, 0.25) is 0 Å². The average Bonchev–Trinajstić information content (AvgIpc) is 3.66. The van der Waals surface area contributed by atoms with Gasteiger partial charge >= 0.3 is 0 Å². The van der Waals surface area contributed by atoms with Gasteiger partial charge in [0.1, 0.15) is 11.4 Å². The Labute approximate surface area is 310 Å². The summed E-state index contributed by atoms with van der Waals surface area (Å²) >= 11 is 0. The van der Waals surface area contributed by atoms with Crippen LogP contribution < -0.4 is 61.4 Å². The number of aryl methyl sites for hydroxylation is 2. The second kappa shape index (κ2) is 23.4. The van der Waals surface area contributed by atoms with Crippen molar-refractivity contribution in [2.45, 2.75) is 57.0 Å². The van der Waals surface area contributed by atoms with E-state index in [1.807, 2.05) is 0 Å². The minimum atomic E-state index is -0.746. The second-order valence-electron chi connectivity index (χ2n) is 12.7.